The molecule has 0 radical (unpaired) electrons. The van der Waals surface area contributed by atoms with Gasteiger partial charge in [0.25, 0.3) is 0 Å². The van der Waals surface area contributed by atoms with Crippen molar-refractivity contribution in [2.24, 2.45) is 0 Å². The van der Waals surface area contributed by atoms with Crippen LogP contribution in [0.15, 0.2) is 0 Å². The number of rotatable bonds is 0. The van der Waals surface area contributed by atoms with E-state index in [-0.39, 0.29) is 11.6 Å². The van der Waals surface area contributed by atoms with Crippen LogP contribution in [0.5, 0.6) is 0 Å². The molecular weight excluding hydrogens is 224 g/mol. The molecule has 0 aliphatic heterocycles. The first kappa shape index (κ1) is 15.4. The first-order valence-corrected chi connectivity index (χ1v) is 7.82. The summed E-state index contributed by atoms with van der Waals surface area (Å²) in [5.74, 6) is 0.575. The Morgan fingerprint density at radius 3 is 1.00 bits per heavy atom. The lowest BCUT2D eigenvalue weighted by molar-refractivity contribution is -0.124. The molecule has 1 aliphatic carbocycles. The molecule has 0 atom stereocenters. The van der Waals surface area contributed by atoms with Gasteiger partial charge in [0.2, 0.25) is 0 Å². The van der Waals surface area contributed by atoms with Gasteiger partial charge in [0.05, 0.1) is 0 Å². The lowest BCUT2D eigenvalue weighted by Gasteiger charge is -2.05. The van der Waals surface area contributed by atoms with E-state index in [0.717, 1.165) is 12.8 Å². The minimum absolute atomic E-state index is 0.287. The third-order valence-electron chi connectivity index (χ3n) is 3.84. The number of carbonyl (C=O) groups excluding carboxylic acids is 2. The van der Waals surface area contributed by atoms with E-state index >= 15 is 0 Å². The molecule has 0 spiro atoms. The van der Waals surface area contributed by atoms with Gasteiger partial charge in [0, 0.05) is 25.7 Å². The lowest BCUT2D eigenvalue weighted by atomic mass is 10.0. The second-order valence-corrected chi connectivity index (χ2v) is 5.61. The SMILES string of the molecule is O=C1CCCCCCCCCCCCC(=O)CC1. The zero-order valence-corrected chi connectivity index (χ0v) is 11.7. The van der Waals surface area contributed by atoms with E-state index < -0.39 is 0 Å². The molecule has 0 aromatic heterocycles. The highest BCUT2D eigenvalue weighted by molar-refractivity contribution is 5.85. The van der Waals surface area contributed by atoms with Gasteiger partial charge in [0.1, 0.15) is 11.6 Å². The van der Waals surface area contributed by atoms with Crippen LogP contribution in [0.2, 0.25) is 0 Å². The Hall–Kier alpha value is -0.660. The first-order chi connectivity index (χ1) is 8.79. The molecule has 1 fully saturated rings. The molecule has 0 aromatic carbocycles. The van der Waals surface area contributed by atoms with Crippen LogP contribution in [-0.2, 0) is 9.59 Å². The van der Waals surface area contributed by atoms with Crippen LogP contribution < -0.4 is 0 Å². The van der Waals surface area contributed by atoms with E-state index in [2.05, 4.69) is 0 Å². The highest BCUT2D eigenvalue weighted by Gasteiger charge is 2.07. The summed E-state index contributed by atoms with van der Waals surface area (Å²) in [7, 11) is 0. The summed E-state index contributed by atoms with van der Waals surface area (Å²) in [5.41, 5.74) is 0. The van der Waals surface area contributed by atoms with Crippen LogP contribution in [0, 0.1) is 0 Å². The summed E-state index contributed by atoms with van der Waals surface area (Å²) < 4.78 is 0. The summed E-state index contributed by atoms with van der Waals surface area (Å²) in [6.07, 6.45) is 14.6. The van der Waals surface area contributed by atoms with Crippen molar-refractivity contribution < 1.29 is 9.59 Å². The predicted molar refractivity (Wildman–Crippen MR) is 74.7 cm³/mol. The zero-order chi connectivity index (χ0) is 13.1. The van der Waals surface area contributed by atoms with Crippen molar-refractivity contribution in [1.29, 1.82) is 0 Å². The summed E-state index contributed by atoms with van der Waals surface area (Å²) in [6, 6.07) is 0. The molecule has 0 amide bonds. The smallest absolute Gasteiger partial charge is 0.133 e. The summed E-state index contributed by atoms with van der Waals surface area (Å²) >= 11 is 0. The molecule has 0 aromatic rings. The van der Waals surface area contributed by atoms with Gasteiger partial charge in [-0.3, -0.25) is 9.59 Å². The fourth-order valence-corrected chi connectivity index (χ4v) is 2.59. The van der Waals surface area contributed by atoms with Gasteiger partial charge in [0.15, 0.2) is 0 Å². The molecule has 104 valence electrons. The standard InChI is InChI=1S/C16H28O2/c17-15-11-9-7-5-3-1-2-4-6-8-10-12-16(18)14-13-15/h1-14H2. The van der Waals surface area contributed by atoms with Crippen molar-refractivity contribution >= 4 is 11.6 Å². The van der Waals surface area contributed by atoms with Gasteiger partial charge in [-0.25, -0.2) is 0 Å². The Morgan fingerprint density at radius 2 is 0.667 bits per heavy atom. The van der Waals surface area contributed by atoms with Crippen molar-refractivity contribution in [3.63, 3.8) is 0 Å². The second kappa shape index (κ2) is 10.3. The molecule has 1 rings (SSSR count). The highest BCUT2D eigenvalue weighted by atomic mass is 16.1. The third kappa shape index (κ3) is 8.43. The second-order valence-electron chi connectivity index (χ2n) is 5.61. The van der Waals surface area contributed by atoms with Crippen LogP contribution in [0.25, 0.3) is 0 Å². The number of ketones is 2. The van der Waals surface area contributed by atoms with E-state index in [1.54, 1.807) is 0 Å². The van der Waals surface area contributed by atoms with Crippen molar-refractivity contribution in [3.05, 3.63) is 0 Å². The monoisotopic (exact) mass is 252 g/mol. The molecule has 0 saturated heterocycles. The molecule has 1 saturated carbocycles. The summed E-state index contributed by atoms with van der Waals surface area (Å²) in [6.45, 7) is 0. The van der Waals surface area contributed by atoms with E-state index in [0.29, 0.717) is 25.7 Å². The Kier molecular flexibility index (Phi) is 8.79. The van der Waals surface area contributed by atoms with E-state index in [4.69, 9.17) is 0 Å². The van der Waals surface area contributed by atoms with Crippen molar-refractivity contribution in [1.82, 2.24) is 0 Å². The van der Waals surface area contributed by atoms with Crippen LogP contribution in [0.1, 0.15) is 89.9 Å². The number of hydrogen-bond acceptors (Lipinski definition) is 2. The fourth-order valence-electron chi connectivity index (χ4n) is 2.59. The Balaban J connectivity index is 2.23. The van der Waals surface area contributed by atoms with Gasteiger partial charge < -0.3 is 0 Å². The minimum atomic E-state index is 0.287. The maximum absolute atomic E-state index is 11.6. The number of Topliss-reactive ketones (excluding diaryl/α,β-unsaturated/α-hetero) is 2. The van der Waals surface area contributed by atoms with Crippen LogP contribution >= 0.6 is 0 Å². The van der Waals surface area contributed by atoms with E-state index in [1.165, 1.54) is 51.4 Å². The van der Waals surface area contributed by atoms with E-state index in [1.807, 2.05) is 0 Å². The molecule has 2 nitrogen and oxygen atoms in total. The largest absolute Gasteiger partial charge is 0.300 e. The number of hydrogen-bond donors (Lipinski definition) is 0. The van der Waals surface area contributed by atoms with Crippen molar-refractivity contribution in [2.75, 3.05) is 0 Å². The van der Waals surface area contributed by atoms with Crippen LogP contribution in [-0.4, -0.2) is 11.6 Å². The molecule has 0 heterocycles. The third-order valence-corrected chi connectivity index (χ3v) is 3.84. The van der Waals surface area contributed by atoms with E-state index in [9.17, 15) is 9.59 Å². The topological polar surface area (TPSA) is 34.1 Å². The van der Waals surface area contributed by atoms with Gasteiger partial charge in [-0.15, -0.1) is 0 Å². The van der Waals surface area contributed by atoms with Crippen LogP contribution in [0.3, 0.4) is 0 Å². The Labute approximate surface area is 112 Å². The summed E-state index contributed by atoms with van der Waals surface area (Å²) in [4.78, 5) is 23.1. The normalized spacial score (nSPS) is 22.9. The summed E-state index contributed by atoms with van der Waals surface area (Å²) in [5, 5.41) is 0. The maximum Gasteiger partial charge on any atom is 0.133 e. The highest BCUT2D eigenvalue weighted by Crippen LogP contribution is 2.14. The molecule has 0 unspecified atom stereocenters. The van der Waals surface area contributed by atoms with Crippen LogP contribution in [0.4, 0.5) is 0 Å². The van der Waals surface area contributed by atoms with Gasteiger partial charge in [-0.2, -0.15) is 0 Å². The van der Waals surface area contributed by atoms with Gasteiger partial charge in [-0.05, 0) is 12.8 Å². The molecule has 18 heavy (non-hydrogen) atoms. The minimum Gasteiger partial charge on any atom is -0.300 e. The quantitative estimate of drug-likeness (QED) is 0.631. The average molecular weight is 252 g/mol. The van der Waals surface area contributed by atoms with Gasteiger partial charge in [-0.1, -0.05) is 51.4 Å². The Morgan fingerprint density at radius 1 is 0.389 bits per heavy atom. The molecule has 0 bridgehead atoms. The molecule has 2 heteroatoms. The molecular formula is C16H28O2. The van der Waals surface area contributed by atoms with Crippen molar-refractivity contribution in [2.45, 2.75) is 89.9 Å². The molecule has 1 aliphatic rings. The average Bonchev–Trinajstić information content (AvgIpc) is 2.36. The number of carbonyl (C=O) groups is 2. The Bertz CT molecular complexity index is 219. The fraction of sp³-hybridized carbons (Fsp3) is 0.875. The predicted octanol–water partition coefficient (Wildman–Crippen LogP) is 4.60. The zero-order valence-electron chi connectivity index (χ0n) is 11.7. The van der Waals surface area contributed by atoms with Crippen molar-refractivity contribution in [3.8, 4) is 0 Å². The first-order valence-electron chi connectivity index (χ1n) is 7.82. The molecule has 0 N–H and O–H groups in total. The maximum atomic E-state index is 11.6. The van der Waals surface area contributed by atoms with Gasteiger partial charge >= 0.3 is 0 Å². The lowest BCUT2D eigenvalue weighted by Crippen LogP contribution is -2.04.